The van der Waals surface area contributed by atoms with Crippen LogP contribution in [-0.4, -0.2) is 28.0 Å². The largest absolute Gasteiger partial charge is 0.469 e. The van der Waals surface area contributed by atoms with Crippen LogP contribution in [0.2, 0.25) is 0 Å². The molecule has 0 aliphatic heterocycles. The lowest BCUT2D eigenvalue weighted by atomic mass is 10.00. The average molecular weight is 333 g/mol. The maximum atomic E-state index is 12.3. The normalized spacial score (nSPS) is 12.6. The number of carbonyl (C=O) groups is 1. The van der Waals surface area contributed by atoms with E-state index in [-0.39, 0.29) is 11.4 Å². The number of rotatable bonds is 6. The van der Waals surface area contributed by atoms with Crippen LogP contribution in [0.25, 0.3) is 0 Å². The van der Waals surface area contributed by atoms with Crippen LogP contribution in [0.5, 0.6) is 0 Å². The molecule has 0 saturated carbocycles. The molecule has 2 aromatic carbocycles. The van der Waals surface area contributed by atoms with E-state index in [1.165, 1.54) is 19.2 Å². The summed E-state index contributed by atoms with van der Waals surface area (Å²) in [5.41, 5.74) is 1.67. The predicted molar refractivity (Wildman–Crippen MR) is 87.6 cm³/mol. The van der Waals surface area contributed by atoms with Crippen LogP contribution in [0.15, 0.2) is 59.5 Å². The first-order valence-electron chi connectivity index (χ1n) is 7.13. The molecule has 0 heterocycles. The number of carbonyl (C=O) groups excluding carboxylic acids is 1. The van der Waals surface area contributed by atoms with E-state index in [0.29, 0.717) is 5.56 Å². The lowest BCUT2D eigenvalue weighted by Crippen LogP contribution is -2.32. The van der Waals surface area contributed by atoms with Gasteiger partial charge in [0.1, 0.15) is 0 Å². The van der Waals surface area contributed by atoms with Gasteiger partial charge in [-0.05, 0) is 24.6 Å². The van der Waals surface area contributed by atoms with Crippen LogP contribution in [0, 0.1) is 6.92 Å². The van der Waals surface area contributed by atoms with Gasteiger partial charge in [0, 0.05) is 6.54 Å². The van der Waals surface area contributed by atoms with Gasteiger partial charge in [-0.1, -0.05) is 48.0 Å². The fraction of sp³-hybridized carbons (Fsp3) is 0.235. The van der Waals surface area contributed by atoms with Crippen molar-refractivity contribution < 1.29 is 17.9 Å². The number of methoxy groups -OCH3 is 1. The summed E-state index contributed by atoms with van der Waals surface area (Å²) >= 11 is 0. The van der Waals surface area contributed by atoms with Crippen LogP contribution in [-0.2, 0) is 19.6 Å². The summed E-state index contributed by atoms with van der Waals surface area (Å²) in [7, 11) is -2.40. The zero-order valence-corrected chi connectivity index (χ0v) is 13.8. The van der Waals surface area contributed by atoms with Crippen LogP contribution in [0.1, 0.15) is 17.0 Å². The SMILES string of the molecule is COC(=O)[C@@H](CNS(=O)(=O)c1ccc(C)cc1)c1ccccc1. The Bertz CT molecular complexity index is 755. The van der Waals surface area contributed by atoms with Gasteiger partial charge in [0.2, 0.25) is 10.0 Å². The third-order valence-electron chi connectivity index (χ3n) is 3.50. The number of esters is 1. The summed E-state index contributed by atoms with van der Waals surface area (Å²) in [6.45, 7) is 1.82. The second-order valence-electron chi connectivity index (χ2n) is 5.15. The van der Waals surface area contributed by atoms with Crippen molar-refractivity contribution in [3.05, 3.63) is 65.7 Å². The first kappa shape index (κ1) is 17.2. The van der Waals surface area contributed by atoms with Gasteiger partial charge < -0.3 is 4.74 Å². The maximum Gasteiger partial charge on any atom is 0.314 e. The molecule has 1 atom stereocenters. The van der Waals surface area contributed by atoms with Gasteiger partial charge in [-0.15, -0.1) is 0 Å². The topological polar surface area (TPSA) is 72.5 Å². The highest BCUT2D eigenvalue weighted by Crippen LogP contribution is 2.18. The van der Waals surface area contributed by atoms with Gasteiger partial charge in [0.05, 0.1) is 17.9 Å². The first-order chi connectivity index (χ1) is 10.9. The van der Waals surface area contributed by atoms with E-state index in [9.17, 15) is 13.2 Å². The molecular formula is C17H19NO4S. The number of benzene rings is 2. The van der Waals surface area contributed by atoms with Crippen molar-refractivity contribution >= 4 is 16.0 Å². The lowest BCUT2D eigenvalue weighted by molar-refractivity contribution is -0.142. The summed E-state index contributed by atoms with van der Waals surface area (Å²) in [5.74, 6) is -1.18. The summed E-state index contributed by atoms with van der Waals surface area (Å²) in [6.07, 6.45) is 0. The third-order valence-corrected chi connectivity index (χ3v) is 4.94. The fourth-order valence-electron chi connectivity index (χ4n) is 2.16. The molecule has 6 heteroatoms. The second-order valence-corrected chi connectivity index (χ2v) is 6.92. The van der Waals surface area contributed by atoms with Crippen molar-refractivity contribution in [2.45, 2.75) is 17.7 Å². The molecule has 0 radical (unpaired) electrons. The van der Waals surface area contributed by atoms with Gasteiger partial charge in [0.25, 0.3) is 0 Å². The van der Waals surface area contributed by atoms with Crippen molar-refractivity contribution in [3.8, 4) is 0 Å². The van der Waals surface area contributed by atoms with Crippen LogP contribution in [0.3, 0.4) is 0 Å². The van der Waals surface area contributed by atoms with E-state index in [2.05, 4.69) is 4.72 Å². The summed E-state index contributed by atoms with van der Waals surface area (Å²) in [5, 5.41) is 0. The van der Waals surface area contributed by atoms with Crippen LogP contribution >= 0.6 is 0 Å². The zero-order valence-electron chi connectivity index (χ0n) is 13.0. The minimum absolute atomic E-state index is 0.0626. The van der Waals surface area contributed by atoms with Crippen molar-refractivity contribution in [2.75, 3.05) is 13.7 Å². The van der Waals surface area contributed by atoms with Gasteiger partial charge in [-0.25, -0.2) is 13.1 Å². The highest BCUT2D eigenvalue weighted by molar-refractivity contribution is 7.89. The molecule has 23 heavy (non-hydrogen) atoms. The van der Waals surface area contributed by atoms with E-state index in [1.54, 1.807) is 36.4 Å². The number of ether oxygens (including phenoxy) is 1. The average Bonchev–Trinajstić information content (AvgIpc) is 2.56. The highest BCUT2D eigenvalue weighted by atomic mass is 32.2. The lowest BCUT2D eigenvalue weighted by Gasteiger charge is -2.16. The van der Waals surface area contributed by atoms with E-state index < -0.39 is 21.9 Å². The third kappa shape index (κ3) is 4.40. The number of sulfonamides is 1. The Balaban J connectivity index is 2.18. The Morgan fingerprint density at radius 2 is 1.70 bits per heavy atom. The van der Waals surface area contributed by atoms with Crippen LogP contribution in [0.4, 0.5) is 0 Å². The number of hydrogen-bond donors (Lipinski definition) is 1. The Labute approximate surface area is 136 Å². The number of hydrogen-bond acceptors (Lipinski definition) is 4. The molecule has 0 amide bonds. The Morgan fingerprint density at radius 1 is 1.09 bits per heavy atom. The first-order valence-corrected chi connectivity index (χ1v) is 8.61. The number of aryl methyl sites for hydroxylation is 1. The standard InChI is InChI=1S/C17H19NO4S/c1-13-8-10-15(11-9-13)23(20,21)18-12-16(17(19)22-2)14-6-4-3-5-7-14/h3-11,16,18H,12H2,1-2H3/t16-/m0/s1. The second kappa shape index (κ2) is 7.39. The minimum atomic E-state index is -3.68. The van der Waals surface area contributed by atoms with Crippen molar-refractivity contribution in [3.63, 3.8) is 0 Å². The van der Waals surface area contributed by atoms with Crippen molar-refractivity contribution in [2.24, 2.45) is 0 Å². The highest BCUT2D eigenvalue weighted by Gasteiger charge is 2.24. The molecule has 0 bridgehead atoms. The molecule has 0 aliphatic rings. The molecular weight excluding hydrogens is 314 g/mol. The molecule has 0 unspecified atom stereocenters. The molecule has 0 spiro atoms. The zero-order chi connectivity index (χ0) is 16.9. The predicted octanol–water partition coefficient (Wildman–Crippen LogP) is 2.23. The molecule has 122 valence electrons. The maximum absolute atomic E-state index is 12.3. The fourth-order valence-corrected chi connectivity index (χ4v) is 3.21. The molecule has 1 N–H and O–H groups in total. The monoisotopic (exact) mass is 333 g/mol. The molecule has 0 fully saturated rings. The molecule has 2 aromatic rings. The van der Waals surface area contributed by atoms with Gasteiger partial charge in [-0.2, -0.15) is 0 Å². The van der Waals surface area contributed by atoms with E-state index in [4.69, 9.17) is 4.74 Å². The summed E-state index contributed by atoms with van der Waals surface area (Å²) in [4.78, 5) is 12.1. The van der Waals surface area contributed by atoms with Gasteiger partial charge >= 0.3 is 5.97 Å². The Morgan fingerprint density at radius 3 is 2.26 bits per heavy atom. The quantitative estimate of drug-likeness (QED) is 0.823. The summed E-state index contributed by atoms with van der Waals surface area (Å²) in [6, 6.07) is 15.5. The van der Waals surface area contributed by atoms with Gasteiger partial charge in [-0.3, -0.25) is 4.79 Å². The van der Waals surface area contributed by atoms with Crippen LogP contribution < -0.4 is 4.72 Å². The minimum Gasteiger partial charge on any atom is -0.469 e. The van der Waals surface area contributed by atoms with Crippen molar-refractivity contribution in [1.82, 2.24) is 4.72 Å². The van der Waals surface area contributed by atoms with E-state index in [1.807, 2.05) is 13.0 Å². The summed E-state index contributed by atoms with van der Waals surface area (Å²) < 4.78 is 31.9. The Kier molecular flexibility index (Phi) is 5.52. The van der Waals surface area contributed by atoms with Crippen molar-refractivity contribution in [1.29, 1.82) is 0 Å². The van der Waals surface area contributed by atoms with E-state index in [0.717, 1.165) is 5.56 Å². The molecule has 0 saturated heterocycles. The number of nitrogens with one attached hydrogen (secondary N) is 1. The molecule has 2 rings (SSSR count). The van der Waals surface area contributed by atoms with E-state index >= 15 is 0 Å². The molecule has 0 aliphatic carbocycles. The molecule has 5 nitrogen and oxygen atoms in total. The Hall–Kier alpha value is -2.18. The van der Waals surface area contributed by atoms with Gasteiger partial charge in [0.15, 0.2) is 0 Å². The smallest absolute Gasteiger partial charge is 0.314 e. The molecule has 0 aromatic heterocycles.